The van der Waals surface area contributed by atoms with E-state index in [1.165, 1.54) is 0 Å². The van der Waals surface area contributed by atoms with Crippen molar-refractivity contribution in [1.82, 2.24) is 14.9 Å². The quantitative estimate of drug-likeness (QED) is 0.779. The molecule has 1 N–H and O–H groups in total. The van der Waals surface area contributed by atoms with Crippen molar-refractivity contribution >= 4 is 11.6 Å². The van der Waals surface area contributed by atoms with Crippen LogP contribution in [0.25, 0.3) is 0 Å². The zero-order valence-electron chi connectivity index (χ0n) is 13.7. The van der Waals surface area contributed by atoms with Crippen molar-refractivity contribution in [3.05, 3.63) is 59.2 Å². The van der Waals surface area contributed by atoms with E-state index in [9.17, 15) is 4.79 Å². The molecule has 1 amide bonds. The van der Waals surface area contributed by atoms with Crippen LogP contribution in [-0.4, -0.2) is 20.8 Å². The van der Waals surface area contributed by atoms with E-state index in [1.54, 1.807) is 48.4 Å². The van der Waals surface area contributed by atoms with E-state index < -0.39 is 0 Å². The summed E-state index contributed by atoms with van der Waals surface area (Å²) in [6.45, 7) is 4.05. The number of benzene rings is 1. The third-order valence-corrected chi connectivity index (χ3v) is 3.62. The molecule has 1 aromatic carbocycles. The molecule has 124 valence electrons. The van der Waals surface area contributed by atoms with E-state index in [-0.39, 0.29) is 5.91 Å². The average molecular weight is 326 g/mol. The van der Waals surface area contributed by atoms with E-state index in [0.717, 1.165) is 17.0 Å². The van der Waals surface area contributed by atoms with E-state index in [1.807, 2.05) is 13.8 Å². The molecule has 0 bridgehead atoms. The third-order valence-electron chi connectivity index (χ3n) is 3.62. The van der Waals surface area contributed by atoms with Gasteiger partial charge in [-0.05, 0) is 32.0 Å². The Morgan fingerprint density at radius 1 is 1.38 bits per heavy atom. The maximum Gasteiger partial charge on any atom is 0.255 e. The standard InChI is InChI=1S/C17H18N4O3/c1-11-16(12(2)24-20-11)10-23-15-6-4-5-13(7-15)17(22)19-14-8-18-21(3)9-14/h4-9H,10H2,1-3H3,(H,19,22). The maximum absolute atomic E-state index is 12.3. The maximum atomic E-state index is 12.3. The number of rotatable bonds is 5. The van der Waals surface area contributed by atoms with Crippen molar-refractivity contribution in [3.8, 4) is 5.75 Å². The van der Waals surface area contributed by atoms with Gasteiger partial charge in [-0.25, -0.2) is 0 Å². The first kappa shape index (κ1) is 15.8. The molecule has 7 heteroatoms. The highest BCUT2D eigenvalue weighted by atomic mass is 16.5. The minimum atomic E-state index is -0.217. The molecule has 0 saturated heterocycles. The van der Waals surface area contributed by atoms with Crippen molar-refractivity contribution in [2.75, 3.05) is 5.32 Å². The van der Waals surface area contributed by atoms with E-state index in [2.05, 4.69) is 15.6 Å². The van der Waals surface area contributed by atoms with Gasteiger partial charge in [-0.2, -0.15) is 5.10 Å². The van der Waals surface area contributed by atoms with Crippen LogP contribution in [0.15, 0.2) is 41.2 Å². The second kappa shape index (κ2) is 6.57. The lowest BCUT2D eigenvalue weighted by atomic mass is 10.2. The normalized spacial score (nSPS) is 10.6. The van der Waals surface area contributed by atoms with Crippen LogP contribution in [-0.2, 0) is 13.7 Å². The second-order valence-corrected chi connectivity index (χ2v) is 5.48. The molecule has 0 atom stereocenters. The van der Waals surface area contributed by atoms with Crippen LogP contribution < -0.4 is 10.1 Å². The first-order valence-electron chi connectivity index (χ1n) is 7.47. The number of nitrogens with zero attached hydrogens (tertiary/aromatic N) is 3. The number of amides is 1. The van der Waals surface area contributed by atoms with Gasteiger partial charge in [0.2, 0.25) is 0 Å². The summed E-state index contributed by atoms with van der Waals surface area (Å²) >= 11 is 0. The van der Waals surface area contributed by atoms with Crippen molar-refractivity contribution < 1.29 is 14.1 Å². The summed E-state index contributed by atoms with van der Waals surface area (Å²) in [6.07, 6.45) is 3.32. The molecule has 0 radical (unpaired) electrons. The van der Waals surface area contributed by atoms with E-state index in [4.69, 9.17) is 9.26 Å². The SMILES string of the molecule is Cc1noc(C)c1COc1cccc(C(=O)Nc2cnn(C)c2)c1. The molecule has 2 aromatic heterocycles. The zero-order chi connectivity index (χ0) is 17.1. The summed E-state index contributed by atoms with van der Waals surface area (Å²) in [4.78, 5) is 12.3. The molecular weight excluding hydrogens is 308 g/mol. The van der Waals surface area contributed by atoms with Gasteiger partial charge in [0, 0.05) is 18.8 Å². The highest BCUT2D eigenvalue weighted by molar-refractivity contribution is 6.04. The number of ether oxygens (including phenoxy) is 1. The minimum absolute atomic E-state index is 0.217. The Hall–Kier alpha value is -3.09. The molecule has 0 fully saturated rings. The largest absolute Gasteiger partial charge is 0.489 e. The Labute approximate surface area is 139 Å². The van der Waals surface area contributed by atoms with Crippen LogP contribution in [0, 0.1) is 13.8 Å². The van der Waals surface area contributed by atoms with Crippen molar-refractivity contribution in [1.29, 1.82) is 0 Å². The number of hydrogen-bond acceptors (Lipinski definition) is 5. The summed E-state index contributed by atoms with van der Waals surface area (Å²) in [5, 5.41) is 10.7. The first-order chi connectivity index (χ1) is 11.5. The van der Waals surface area contributed by atoms with Crippen LogP contribution in [0.1, 0.15) is 27.4 Å². The lowest BCUT2D eigenvalue weighted by Crippen LogP contribution is -2.11. The molecule has 3 aromatic rings. The number of carbonyl (C=O) groups is 1. The lowest BCUT2D eigenvalue weighted by Gasteiger charge is -2.08. The molecule has 0 unspecified atom stereocenters. The molecule has 7 nitrogen and oxygen atoms in total. The number of aryl methyl sites for hydroxylation is 3. The van der Waals surface area contributed by atoms with Crippen LogP contribution >= 0.6 is 0 Å². The first-order valence-corrected chi connectivity index (χ1v) is 7.47. The molecule has 3 rings (SSSR count). The Morgan fingerprint density at radius 3 is 2.88 bits per heavy atom. The Morgan fingerprint density at radius 2 is 2.21 bits per heavy atom. The van der Waals surface area contributed by atoms with Gasteiger partial charge in [0.1, 0.15) is 18.1 Å². The topological polar surface area (TPSA) is 82.2 Å². The Kier molecular flexibility index (Phi) is 4.33. The number of aromatic nitrogens is 3. The van der Waals surface area contributed by atoms with Crippen LogP contribution in [0.4, 0.5) is 5.69 Å². The smallest absolute Gasteiger partial charge is 0.255 e. The number of carbonyl (C=O) groups excluding carboxylic acids is 1. The van der Waals surface area contributed by atoms with Crippen LogP contribution in [0.3, 0.4) is 0 Å². The van der Waals surface area contributed by atoms with Gasteiger partial charge in [-0.15, -0.1) is 0 Å². The van der Waals surface area contributed by atoms with Crippen LogP contribution in [0.2, 0.25) is 0 Å². The highest BCUT2D eigenvalue weighted by Gasteiger charge is 2.11. The molecule has 0 aliphatic rings. The number of hydrogen-bond donors (Lipinski definition) is 1. The molecular formula is C17H18N4O3. The van der Waals surface area contributed by atoms with Gasteiger partial charge in [-0.1, -0.05) is 11.2 Å². The Balaban J connectivity index is 1.68. The molecule has 0 aliphatic carbocycles. The van der Waals surface area contributed by atoms with Gasteiger partial charge in [-0.3, -0.25) is 9.48 Å². The van der Waals surface area contributed by atoms with E-state index in [0.29, 0.717) is 23.6 Å². The predicted octanol–water partition coefficient (Wildman–Crippen LogP) is 2.86. The van der Waals surface area contributed by atoms with Gasteiger partial charge in [0.05, 0.1) is 23.1 Å². The third kappa shape index (κ3) is 3.45. The second-order valence-electron chi connectivity index (χ2n) is 5.48. The molecule has 24 heavy (non-hydrogen) atoms. The average Bonchev–Trinajstić information content (AvgIpc) is 3.11. The molecule has 0 spiro atoms. The zero-order valence-corrected chi connectivity index (χ0v) is 13.7. The highest BCUT2D eigenvalue weighted by Crippen LogP contribution is 2.19. The summed E-state index contributed by atoms with van der Waals surface area (Å²) < 4.78 is 12.5. The summed E-state index contributed by atoms with van der Waals surface area (Å²) in [5.74, 6) is 1.12. The van der Waals surface area contributed by atoms with E-state index >= 15 is 0 Å². The van der Waals surface area contributed by atoms with Gasteiger partial charge in [0.25, 0.3) is 5.91 Å². The number of nitrogens with one attached hydrogen (secondary N) is 1. The summed E-state index contributed by atoms with van der Waals surface area (Å²) in [5.41, 5.74) is 2.87. The summed E-state index contributed by atoms with van der Waals surface area (Å²) in [7, 11) is 1.79. The summed E-state index contributed by atoms with van der Waals surface area (Å²) in [6, 6.07) is 7.01. The van der Waals surface area contributed by atoms with Crippen molar-refractivity contribution in [2.24, 2.45) is 7.05 Å². The number of anilines is 1. The van der Waals surface area contributed by atoms with Gasteiger partial charge in [0.15, 0.2) is 0 Å². The van der Waals surface area contributed by atoms with Gasteiger partial charge < -0.3 is 14.6 Å². The van der Waals surface area contributed by atoms with Crippen LogP contribution in [0.5, 0.6) is 5.75 Å². The van der Waals surface area contributed by atoms with Crippen molar-refractivity contribution in [2.45, 2.75) is 20.5 Å². The van der Waals surface area contributed by atoms with Crippen molar-refractivity contribution in [3.63, 3.8) is 0 Å². The fraction of sp³-hybridized carbons (Fsp3) is 0.235. The molecule has 0 aliphatic heterocycles. The molecule has 2 heterocycles. The monoisotopic (exact) mass is 326 g/mol. The fourth-order valence-electron chi connectivity index (χ4n) is 2.28. The molecule has 0 saturated carbocycles. The van der Waals surface area contributed by atoms with Gasteiger partial charge >= 0.3 is 0 Å². The predicted molar refractivity (Wildman–Crippen MR) is 87.9 cm³/mol. The lowest BCUT2D eigenvalue weighted by molar-refractivity contribution is 0.102. The Bertz CT molecular complexity index is 847. The fourth-order valence-corrected chi connectivity index (χ4v) is 2.28. The minimum Gasteiger partial charge on any atom is -0.489 e.